The van der Waals surface area contributed by atoms with Crippen LogP contribution < -0.4 is 0 Å². The number of fused-ring (bicyclic) bond motifs is 1. The molecule has 0 saturated carbocycles. The molecule has 0 N–H and O–H groups in total. The van der Waals surface area contributed by atoms with Gasteiger partial charge in [0.25, 0.3) is 0 Å². The van der Waals surface area contributed by atoms with Gasteiger partial charge >= 0.3 is 6.18 Å². The smallest absolute Gasteiger partial charge is 0.299 e. The van der Waals surface area contributed by atoms with E-state index in [2.05, 4.69) is 5.10 Å². The molecule has 0 aromatic heterocycles. The summed E-state index contributed by atoms with van der Waals surface area (Å²) < 4.78 is 51.6. The Morgan fingerprint density at radius 3 is 2.71 bits per heavy atom. The minimum atomic E-state index is -4.40. The Hall–Kier alpha value is -1.96. The third-order valence-electron chi connectivity index (χ3n) is 4.42. The molecule has 1 aromatic carbocycles. The molecule has 4 nitrogen and oxygen atoms in total. The van der Waals surface area contributed by atoms with Gasteiger partial charge in [-0.3, -0.25) is 14.7 Å². The Morgan fingerprint density at radius 1 is 1.33 bits per heavy atom. The summed E-state index contributed by atoms with van der Waals surface area (Å²) in [7, 11) is 0. The van der Waals surface area contributed by atoms with Crippen molar-refractivity contribution in [2.75, 3.05) is 19.8 Å². The highest BCUT2D eigenvalue weighted by Gasteiger charge is 2.46. The summed E-state index contributed by atoms with van der Waals surface area (Å²) >= 11 is 0. The third-order valence-corrected chi connectivity index (χ3v) is 4.42. The zero-order valence-corrected chi connectivity index (χ0v) is 13.1. The van der Waals surface area contributed by atoms with Crippen molar-refractivity contribution < 1.29 is 22.4 Å². The zero-order valence-electron chi connectivity index (χ0n) is 13.1. The van der Waals surface area contributed by atoms with Crippen molar-refractivity contribution >= 4 is 11.5 Å². The number of halogens is 4. The van der Waals surface area contributed by atoms with Crippen molar-refractivity contribution in [3.8, 4) is 0 Å². The fourth-order valence-corrected chi connectivity index (χ4v) is 3.38. The summed E-state index contributed by atoms with van der Waals surface area (Å²) in [5, 5.41) is 5.81. The lowest BCUT2D eigenvalue weighted by molar-refractivity contribution is -0.137. The summed E-state index contributed by atoms with van der Waals surface area (Å²) in [4.78, 5) is 13.8. The number of carbonyl (C=O) groups excluding carboxylic acids is 1. The van der Waals surface area contributed by atoms with Crippen LogP contribution in [-0.4, -0.2) is 47.3 Å². The summed E-state index contributed by atoms with van der Waals surface area (Å²) in [6.07, 6.45) is -4.81. The Morgan fingerprint density at radius 2 is 2.08 bits per heavy atom. The highest BCUT2D eigenvalue weighted by Crippen LogP contribution is 2.33. The predicted molar refractivity (Wildman–Crippen MR) is 79.9 cm³/mol. The second-order valence-corrected chi connectivity index (χ2v) is 6.06. The minimum absolute atomic E-state index is 0.185. The van der Waals surface area contributed by atoms with Crippen LogP contribution in [0.3, 0.4) is 0 Å². The number of carbonyl (C=O) groups is 1. The number of hydrogen-bond donors (Lipinski definition) is 0. The molecular formula is C16H17F4N3O. The Kier molecular flexibility index (Phi) is 4.33. The molecule has 2 aliphatic rings. The molecule has 1 fully saturated rings. The van der Waals surface area contributed by atoms with E-state index in [0.29, 0.717) is 18.7 Å². The van der Waals surface area contributed by atoms with Gasteiger partial charge in [0, 0.05) is 13.1 Å². The topological polar surface area (TPSA) is 35.9 Å². The maximum atomic E-state index is 13.1. The molecule has 2 atom stereocenters. The molecule has 8 heteroatoms. The molecule has 2 heterocycles. The standard InChI is InChI=1S/C16H17F4N3O/c1-10(24)14-13(8-17)21-23-6-5-22(15(14)23)9-11-3-2-4-12(7-11)16(18,19)20/h2-4,7,14-15H,5-6,8-9H2,1H3. The number of nitrogens with zero attached hydrogens (tertiary/aromatic N) is 3. The predicted octanol–water partition coefficient (Wildman–Crippen LogP) is 2.69. The van der Waals surface area contributed by atoms with Gasteiger partial charge in [0.1, 0.15) is 18.6 Å². The number of alkyl halides is 4. The van der Waals surface area contributed by atoms with Gasteiger partial charge < -0.3 is 0 Å². The third kappa shape index (κ3) is 3.02. The van der Waals surface area contributed by atoms with E-state index in [9.17, 15) is 22.4 Å². The van der Waals surface area contributed by atoms with E-state index in [1.807, 2.05) is 4.90 Å². The molecule has 2 aliphatic heterocycles. The number of hydrogen-bond acceptors (Lipinski definition) is 4. The van der Waals surface area contributed by atoms with Crippen LogP contribution in [0.4, 0.5) is 17.6 Å². The van der Waals surface area contributed by atoms with Gasteiger partial charge in [0.15, 0.2) is 0 Å². The Labute approximate surface area is 136 Å². The van der Waals surface area contributed by atoms with E-state index >= 15 is 0 Å². The van der Waals surface area contributed by atoms with E-state index in [1.165, 1.54) is 13.0 Å². The molecular weight excluding hydrogens is 326 g/mol. The summed E-state index contributed by atoms with van der Waals surface area (Å²) in [6, 6.07) is 5.12. The monoisotopic (exact) mass is 343 g/mol. The first-order chi connectivity index (χ1) is 11.3. The van der Waals surface area contributed by atoms with E-state index in [4.69, 9.17) is 0 Å². The van der Waals surface area contributed by atoms with Crippen LogP contribution in [0.5, 0.6) is 0 Å². The summed E-state index contributed by atoms with van der Waals surface area (Å²) in [5.74, 6) is -0.849. The van der Waals surface area contributed by atoms with Crippen molar-refractivity contribution in [2.45, 2.75) is 25.8 Å². The SMILES string of the molecule is CC(=O)C1C(CF)=NN2CCN(Cc3cccc(C(F)(F)F)c3)C12. The number of benzene rings is 1. The van der Waals surface area contributed by atoms with Gasteiger partial charge in [-0.25, -0.2) is 4.39 Å². The molecule has 0 aliphatic carbocycles. The lowest BCUT2D eigenvalue weighted by Gasteiger charge is -2.28. The van der Waals surface area contributed by atoms with Gasteiger partial charge in [-0.2, -0.15) is 18.3 Å². The number of rotatable bonds is 4. The van der Waals surface area contributed by atoms with Crippen LogP contribution in [0, 0.1) is 5.92 Å². The van der Waals surface area contributed by atoms with E-state index in [-0.39, 0.29) is 18.0 Å². The molecule has 0 bridgehead atoms. The van der Waals surface area contributed by atoms with Crippen molar-refractivity contribution in [3.63, 3.8) is 0 Å². The molecule has 1 aromatic rings. The highest BCUT2D eigenvalue weighted by molar-refractivity contribution is 6.06. The summed E-state index contributed by atoms with van der Waals surface area (Å²) in [5.41, 5.74) is -0.00444. The average molecular weight is 343 g/mol. The lowest BCUT2D eigenvalue weighted by Crippen LogP contribution is -2.43. The Bertz CT molecular complexity index is 674. The van der Waals surface area contributed by atoms with Crippen molar-refractivity contribution in [1.29, 1.82) is 0 Å². The molecule has 130 valence electrons. The molecule has 0 spiro atoms. The number of hydrazone groups is 1. The first-order valence-electron chi connectivity index (χ1n) is 7.62. The molecule has 3 rings (SSSR count). The fraction of sp³-hybridized carbons (Fsp3) is 0.500. The van der Waals surface area contributed by atoms with Crippen molar-refractivity contribution in [3.05, 3.63) is 35.4 Å². The largest absolute Gasteiger partial charge is 0.416 e. The first kappa shape index (κ1) is 16.9. The van der Waals surface area contributed by atoms with Gasteiger partial charge in [-0.05, 0) is 18.6 Å². The number of Topliss-reactive ketones (excluding diaryl/α,β-unsaturated/α-hetero) is 1. The van der Waals surface area contributed by atoms with Crippen LogP contribution in [0.2, 0.25) is 0 Å². The van der Waals surface area contributed by atoms with E-state index in [0.717, 1.165) is 12.1 Å². The van der Waals surface area contributed by atoms with Crippen LogP contribution in [-0.2, 0) is 17.5 Å². The molecule has 1 saturated heterocycles. The van der Waals surface area contributed by atoms with Gasteiger partial charge in [-0.15, -0.1) is 0 Å². The maximum absolute atomic E-state index is 13.1. The van der Waals surface area contributed by atoms with Gasteiger partial charge in [0.05, 0.1) is 23.7 Å². The fourth-order valence-electron chi connectivity index (χ4n) is 3.38. The quantitative estimate of drug-likeness (QED) is 0.789. The highest BCUT2D eigenvalue weighted by atomic mass is 19.4. The van der Waals surface area contributed by atoms with Gasteiger partial charge in [-0.1, -0.05) is 18.2 Å². The maximum Gasteiger partial charge on any atom is 0.416 e. The minimum Gasteiger partial charge on any atom is -0.299 e. The Balaban J connectivity index is 1.81. The molecule has 24 heavy (non-hydrogen) atoms. The normalized spacial score (nSPS) is 24.2. The van der Waals surface area contributed by atoms with Gasteiger partial charge in [0.2, 0.25) is 0 Å². The second-order valence-electron chi connectivity index (χ2n) is 6.06. The molecule has 0 amide bonds. The summed E-state index contributed by atoms with van der Waals surface area (Å²) in [6.45, 7) is 1.93. The van der Waals surface area contributed by atoms with Crippen LogP contribution in [0.25, 0.3) is 0 Å². The average Bonchev–Trinajstić information content (AvgIpc) is 3.06. The van der Waals surface area contributed by atoms with Crippen LogP contribution >= 0.6 is 0 Å². The van der Waals surface area contributed by atoms with Crippen molar-refractivity contribution in [1.82, 2.24) is 9.91 Å². The lowest BCUT2D eigenvalue weighted by atomic mass is 9.96. The second kappa shape index (κ2) is 6.16. The number of ketones is 1. The van der Waals surface area contributed by atoms with Crippen LogP contribution in [0.15, 0.2) is 29.4 Å². The molecule has 0 radical (unpaired) electrons. The molecule has 2 unspecified atom stereocenters. The van der Waals surface area contributed by atoms with E-state index in [1.54, 1.807) is 11.1 Å². The van der Waals surface area contributed by atoms with Crippen molar-refractivity contribution in [2.24, 2.45) is 11.0 Å². The zero-order chi connectivity index (χ0) is 17.5. The van der Waals surface area contributed by atoms with Crippen LogP contribution in [0.1, 0.15) is 18.1 Å². The first-order valence-corrected chi connectivity index (χ1v) is 7.62. The van der Waals surface area contributed by atoms with E-state index < -0.39 is 30.5 Å².